The van der Waals surface area contributed by atoms with Gasteiger partial charge in [-0.05, 0) is 205 Å². The van der Waals surface area contributed by atoms with Crippen molar-refractivity contribution in [2.75, 3.05) is 0 Å². The largest absolute Gasteiger partial charge is 0.346 e. The summed E-state index contributed by atoms with van der Waals surface area (Å²) in [6, 6.07) is 17.6. The van der Waals surface area contributed by atoms with Crippen molar-refractivity contribution < 1.29 is 18.9 Å². The van der Waals surface area contributed by atoms with Gasteiger partial charge >= 0.3 is 0 Å². The summed E-state index contributed by atoms with van der Waals surface area (Å²) in [5.74, 6) is 10.0. The number of benzene rings is 2. The fourth-order valence-corrected chi connectivity index (χ4v) is 20.8. The van der Waals surface area contributed by atoms with Crippen LogP contribution in [0.1, 0.15) is 233 Å². The zero-order valence-electron chi connectivity index (χ0n) is 47.7. The first kappa shape index (κ1) is 52.3. The second kappa shape index (κ2) is 20.3. The maximum Gasteiger partial charge on any atom is 0.173 e. The lowest BCUT2D eigenvalue weighted by Crippen LogP contribution is -2.60. The van der Waals surface area contributed by atoms with Gasteiger partial charge in [0.2, 0.25) is 0 Å². The molecule has 0 aromatic heterocycles. The van der Waals surface area contributed by atoms with Crippen molar-refractivity contribution in [1.29, 1.82) is 0 Å². The van der Waals surface area contributed by atoms with Crippen molar-refractivity contribution in [2.24, 2.45) is 92.7 Å². The van der Waals surface area contributed by atoms with Crippen molar-refractivity contribution in [1.82, 2.24) is 0 Å². The first-order chi connectivity index (χ1) is 34.5. The van der Waals surface area contributed by atoms with Gasteiger partial charge in [-0.2, -0.15) is 0 Å². The fourth-order valence-electron chi connectivity index (χ4n) is 20.8. The Labute approximate surface area is 440 Å². The minimum absolute atomic E-state index is 0.330. The first-order valence-corrected chi connectivity index (χ1v) is 31.3. The highest BCUT2D eigenvalue weighted by Gasteiger charge is 2.65. The predicted molar refractivity (Wildman–Crippen MR) is 295 cm³/mol. The van der Waals surface area contributed by atoms with E-state index in [9.17, 15) is 0 Å². The highest BCUT2D eigenvalue weighted by molar-refractivity contribution is 5.31. The summed E-state index contributed by atoms with van der Waals surface area (Å²) in [4.78, 5) is 0. The van der Waals surface area contributed by atoms with Crippen molar-refractivity contribution in [3.8, 4) is 0 Å². The molecule has 6 saturated carbocycles. The zero-order chi connectivity index (χ0) is 50.3. The standard InChI is InChI=1S/2C34H52O2/c2*1-23(2)9-8-10-24(3)28-14-15-29-27-13-16-31-33(5,30(27)17-18-32(28,29)4)19-20-34(36-31)21-25-11-6-7-12-26(25)22-35-34/h2*6-7,11-12,23-24,27-31H,8-10,13-22H2,1-5H3/t2*24-,27+,28-,29+,30+,31+,32-,33-,34+/m11/s1. The zero-order valence-corrected chi connectivity index (χ0v) is 47.7. The van der Waals surface area contributed by atoms with E-state index in [2.05, 4.69) is 118 Å². The van der Waals surface area contributed by atoms with Crippen LogP contribution >= 0.6 is 0 Å². The molecule has 0 radical (unpaired) electrons. The topological polar surface area (TPSA) is 36.9 Å². The molecule has 400 valence electrons. The average molecular weight is 986 g/mol. The number of hydrogen-bond donors (Lipinski definition) is 0. The van der Waals surface area contributed by atoms with E-state index in [4.69, 9.17) is 18.9 Å². The Morgan fingerprint density at radius 3 is 1.21 bits per heavy atom. The smallest absolute Gasteiger partial charge is 0.173 e. The summed E-state index contributed by atoms with van der Waals surface area (Å²) in [6.07, 6.45) is 32.8. The lowest BCUT2D eigenvalue weighted by molar-refractivity contribution is -0.333. The molecule has 2 aromatic rings. The molecule has 0 bridgehead atoms. The number of rotatable bonds is 10. The third kappa shape index (κ3) is 9.30. The SMILES string of the molecule is CC(C)CCC[C@@H](C)[C@H]1CC[C@H]2[C@@H]3CC[C@@H]4O[C@@]5(CC[C@]4(C)[C@H]3CC[C@]12C)Cc1ccccc1CO5.CC(C)CCC[C@@H](C)[C@H]1CC[C@H]2[C@@H]3CC[C@@H]4O[C@@]5(CC[C@]4(C)[C@H]3CC[C@]12C)Cc1ccccc1CO5. The Morgan fingerprint density at radius 2 is 0.806 bits per heavy atom. The van der Waals surface area contributed by atoms with Gasteiger partial charge in [-0.15, -0.1) is 0 Å². The summed E-state index contributed by atoms with van der Waals surface area (Å²) in [5.41, 5.74) is 7.40. The van der Waals surface area contributed by atoms with Gasteiger partial charge in [0, 0.05) is 25.7 Å². The monoisotopic (exact) mass is 985 g/mol. The van der Waals surface area contributed by atoms with Crippen LogP contribution in [-0.4, -0.2) is 23.8 Å². The molecule has 6 aliphatic carbocycles. The van der Waals surface area contributed by atoms with Crippen molar-refractivity contribution in [2.45, 2.75) is 260 Å². The molecule has 2 aromatic carbocycles. The van der Waals surface area contributed by atoms with Crippen LogP contribution in [0.4, 0.5) is 0 Å². The maximum atomic E-state index is 7.06. The predicted octanol–water partition coefficient (Wildman–Crippen LogP) is 17.9. The lowest BCUT2D eigenvalue weighted by Gasteiger charge is -2.62. The quantitative estimate of drug-likeness (QED) is 0.238. The molecule has 2 saturated heterocycles. The molecule has 0 unspecified atom stereocenters. The summed E-state index contributed by atoms with van der Waals surface area (Å²) < 4.78 is 27.2. The molecule has 12 rings (SSSR count). The van der Waals surface area contributed by atoms with Crippen LogP contribution in [0.25, 0.3) is 0 Å². The van der Waals surface area contributed by atoms with E-state index in [0.717, 1.165) is 96.7 Å². The summed E-state index contributed by atoms with van der Waals surface area (Å²) in [7, 11) is 0. The van der Waals surface area contributed by atoms with Crippen molar-refractivity contribution in [3.63, 3.8) is 0 Å². The van der Waals surface area contributed by atoms with E-state index in [1.165, 1.54) is 151 Å². The molecular weight excluding hydrogens is 881 g/mol. The Bertz CT molecular complexity index is 2030. The number of hydrogen-bond acceptors (Lipinski definition) is 4. The van der Waals surface area contributed by atoms with Gasteiger partial charge in [-0.1, -0.05) is 156 Å². The van der Waals surface area contributed by atoms with Gasteiger partial charge in [0.15, 0.2) is 11.6 Å². The summed E-state index contributed by atoms with van der Waals surface area (Å²) in [6.45, 7) is 26.8. The fraction of sp³-hybridized carbons (Fsp3) is 0.824. The minimum atomic E-state index is -0.377. The number of ether oxygens (including phenoxy) is 4. The Hall–Kier alpha value is -1.72. The molecule has 10 aliphatic rings. The molecule has 2 spiro atoms. The van der Waals surface area contributed by atoms with Crippen LogP contribution in [-0.2, 0) is 45.0 Å². The molecular formula is C68H104O4. The van der Waals surface area contributed by atoms with E-state index >= 15 is 0 Å². The van der Waals surface area contributed by atoms with Gasteiger partial charge in [-0.3, -0.25) is 0 Å². The van der Waals surface area contributed by atoms with Gasteiger partial charge in [-0.25, -0.2) is 0 Å². The summed E-state index contributed by atoms with van der Waals surface area (Å²) in [5, 5.41) is 0. The van der Waals surface area contributed by atoms with Gasteiger partial charge in [0.1, 0.15) is 0 Å². The molecule has 8 fully saturated rings. The maximum absolute atomic E-state index is 7.06. The van der Waals surface area contributed by atoms with E-state index in [1.54, 1.807) is 0 Å². The Morgan fingerprint density at radius 1 is 0.417 bits per heavy atom. The molecule has 0 N–H and O–H groups in total. The van der Waals surface area contributed by atoms with E-state index < -0.39 is 0 Å². The normalized spacial score (nSPS) is 44.6. The molecule has 4 heteroatoms. The molecule has 4 nitrogen and oxygen atoms in total. The first-order valence-electron chi connectivity index (χ1n) is 31.3. The second-order valence-corrected chi connectivity index (χ2v) is 29.5. The minimum Gasteiger partial charge on any atom is -0.346 e. The molecule has 0 amide bonds. The third-order valence-corrected chi connectivity index (χ3v) is 24.9. The van der Waals surface area contributed by atoms with E-state index in [0.29, 0.717) is 47.1 Å². The van der Waals surface area contributed by atoms with Crippen LogP contribution in [0, 0.1) is 92.7 Å². The highest BCUT2D eigenvalue weighted by atomic mass is 16.7. The lowest BCUT2D eigenvalue weighted by atomic mass is 9.47. The molecule has 18 atom stereocenters. The Balaban J connectivity index is 0.000000156. The van der Waals surface area contributed by atoms with Crippen LogP contribution < -0.4 is 0 Å². The average Bonchev–Trinajstić information content (AvgIpc) is 3.91. The van der Waals surface area contributed by atoms with E-state index in [-0.39, 0.29) is 11.6 Å². The van der Waals surface area contributed by atoms with Gasteiger partial charge < -0.3 is 18.9 Å². The van der Waals surface area contributed by atoms with E-state index in [1.807, 2.05) is 0 Å². The Kier molecular flexibility index (Phi) is 14.7. The second-order valence-electron chi connectivity index (χ2n) is 29.5. The molecule has 4 heterocycles. The van der Waals surface area contributed by atoms with Gasteiger partial charge in [0.25, 0.3) is 0 Å². The summed E-state index contributed by atoms with van der Waals surface area (Å²) >= 11 is 0. The molecule has 72 heavy (non-hydrogen) atoms. The highest BCUT2D eigenvalue weighted by Crippen LogP contribution is 2.70. The van der Waals surface area contributed by atoms with Crippen molar-refractivity contribution >= 4 is 0 Å². The van der Waals surface area contributed by atoms with Crippen LogP contribution in [0.3, 0.4) is 0 Å². The van der Waals surface area contributed by atoms with Crippen LogP contribution in [0.2, 0.25) is 0 Å². The van der Waals surface area contributed by atoms with Gasteiger partial charge in [0.05, 0.1) is 25.4 Å². The van der Waals surface area contributed by atoms with Crippen LogP contribution in [0.5, 0.6) is 0 Å². The van der Waals surface area contributed by atoms with Crippen LogP contribution in [0.15, 0.2) is 48.5 Å². The third-order valence-electron chi connectivity index (χ3n) is 24.9. The van der Waals surface area contributed by atoms with Crippen molar-refractivity contribution in [3.05, 3.63) is 70.8 Å². The molecule has 4 aliphatic heterocycles. The number of fused-ring (bicyclic) bond motifs is 12.